The largest absolute Gasteiger partial charge is 0.469 e. The van der Waals surface area contributed by atoms with Crippen molar-refractivity contribution in [2.75, 3.05) is 20.8 Å². The smallest absolute Gasteiger partial charge is 0.307 e. The van der Waals surface area contributed by atoms with Crippen molar-refractivity contribution in [3.8, 4) is 0 Å². The number of hydrogen-bond acceptors (Lipinski definition) is 4. The molecule has 0 aliphatic rings. The minimum Gasteiger partial charge on any atom is -0.469 e. The van der Waals surface area contributed by atoms with Crippen LogP contribution in [0.1, 0.15) is 26.7 Å². The fourth-order valence-electron chi connectivity index (χ4n) is 1.26. The van der Waals surface area contributed by atoms with Crippen molar-refractivity contribution in [1.29, 1.82) is 0 Å². The molecule has 0 saturated carbocycles. The van der Waals surface area contributed by atoms with E-state index in [1.807, 2.05) is 6.92 Å². The van der Waals surface area contributed by atoms with Crippen LogP contribution in [0.4, 0.5) is 0 Å². The van der Waals surface area contributed by atoms with Crippen molar-refractivity contribution < 1.29 is 14.3 Å². The highest BCUT2D eigenvalue weighted by molar-refractivity contribution is 5.69. The van der Waals surface area contributed by atoms with Crippen molar-refractivity contribution in [1.82, 2.24) is 5.32 Å². The number of methoxy groups -OCH3 is 2. The van der Waals surface area contributed by atoms with Gasteiger partial charge in [0.05, 0.1) is 13.5 Å². The monoisotopic (exact) mass is 203 g/mol. The highest BCUT2D eigenvalue weighted by Crippen LogP contribution is 1.98. The molecule has 0 saturated heterocycles. The van der Waals surface area contributed by atoms with Gasteiger partial charge in [0, 0.05) is 25.8 Å². The summed E-state index contributed by atoms with van der Waals surface area (Å²) in [4.78, 5) is 10.9. The fraction of sp³-hybridized carbons (Fsp3) is 0.900. The molecule has 2 unspecified atom stereocenters. The third kappa shape index (κ3) is 6.86. The predicted molar refractivity (Wildman–Crippen MR) is 55.2 cm³/mol. The zero-order valence-electron chi connectivity index (χ0n) is 9.50. The SMILES string of the molecule is COCCC(C)NC(C)CC(=O)OC. The lowest BCUT2D eigenvalue weighted by molar-refractivity contribution is -0.141. The Morgan fingerprint density at radius 3 is 2.43 bits per heavy atom. The van der Waals surface area contributed by atoms with Gasteiger partial charge in [0.15, 0.2) is 0 Å². The second-order valence-electron chi connectivity index (χ2n) is 3.53. The maximum Gasteiger partial charge on any atom is 0.307 e. The van der Waals surface area contributed by atoms with Crippen LogP contribution >= 0.6 is 0 Å². The van der Waals surface area contributed by atoms with Crippen molar-refractivity contribution in [3.63, 3.8) is 0 Å². The topological polar surface area (TPSA) is 47.6 Å². The van der Waals surface area contributed by atoms with E-state index >= 15 is 0 Å². The summed E-state index contributed by atoms with van der Waals surface area (Å²) >= 11 is 0. The first-order chi connectivity index (χ1) is 6.60. The average molecular weight is 203 g/mol. The summed E-state index contributed by atoms with van der Waals surface area (Å²) in [6.45, 7) is 4.78. The molecule has 1 N–H and O–H groups in total. The Hall–Kier alpha value is -0.610. The lowest BCUT2D eigenvalue weighted by Crippen LogP contribution is -2.36. The van der Waals surface area contributed by atoms with Crippen molar-refractivity contribution in [3.05, 3.63) is 0 Å². The summed E-state index contributed by atoms with van der Waals surface area (Å²) in [7, 11) is 3.09. The fourth-order valence-corrected chi connectivity index (χ4v) is 1.26. The van der Waals surface area contributed by atoms with Gasteiger partial charge in [-0.25, -0.2) is 0 Å². The summed E-state index contributed by atoms with van der Waals surface area (Å²) in [5.74, 6) is -0.177. The van der Waals surface area contributed by atoms with E-state index in [0.29, 0.717) is 12.5 Å². The highest BCUT2D eigenvalue weighted by atomic mass is 16.5. The molecule has 84 valence electrons. The number of carbonyl (C=O) groups is 1. The van der Waals surface area contributed by atoms with E-state index in [1.54, 1.807) is 7.11 Å². The van der Waals surface area contributed by atoms with Gasteiger partial charge in [-0.15, -0.1) is 0 Å². The maximum atomic E-state index is 10.9. The summed E-state index contributed by atoms with van der Waals surface area (Å²) in [5, 5.41) is 3.30. The Balaban J connectivity index is 3.59. The highest BCUT2D eigenvalue weighted by Gasteiger charge is 2.11. The van der Waals surface area contributed by atoms with Gasteiger partial charge < -0.3 is 14.8 Å². The van der Waals surface area contributed by atoms with Crippen molar-refractivity contribution >= 4 is 5.97 Å². The number of ether oxygens (including phenoxy) is 2. The zero-order valence-corrected chi connectivity index (χ0v) is 9.50. The molecule has 0 spiro atoms. The molecule has 0 aromatic rings. The molecule has 0 rings (SSSR count). The molecule has 0 heterocycles. The lowest BCUT2D eigenvalue weighted by Gasteiger charge is -2.18. The first-order valence-electron chi connectivity index (χ1n) is 4.92. The molecule has 14 heavy (non-hydrogen) atoms. The molecule has 0 bridgehead atoms. The van der Waals surface area contributed by atoms with E-state index in [1.165, 1.54) is 7.11 Å². The summed E-state index contributed by atoms with van der Waals surface area (Å²) in [5.41, 5.74) is 0. The van der Waals surface area contributed by atoms with Crippen molar-refractivity contribution in [2.45, 2.75) is 38.8 Å². The van der Waals surface area contributed by atoms with E-state index in [4.69, 9.17) is 4.74 Å². The van der Waals surface area contributed by atoms with E-state index in [0.717, 1.165) is 13.0 Å². The Kier molecular flexibility index (Phi) is 7.42. The molecule has 0 aliphatic carbocycles. The quantitative estimate of drug-likeness (QED) is 0.626. The zero-order chi connectivity index (χ0) is 11.0. The van der Waals surface area contributed by atoms with Gasteiger partial charge in [-0.1, -0.05) is 0 Å². The standard InChI is InChI=1S/C10H21NO3/c1-8(5-6-13-3)11-9(2)7-10(12)14-4/h8-9,11H,5-7H2,1-4H3. The molecular formula is C10H21NO3. The predicted octanol–water partition coefficient (Wildman–Crippen LogP) is 0.953. The van der Waals surface area contributed by atoms with E-state index in [-0.39, 0.29) is 12.0 Å². The van der Waals surface area contributed by atoms with Crippen LogP contribution in [0.5, 0.6) is 0 Å². The molecule has 4 heteroatoms. The lowest BCUT2D eigenvalue weighted by atomic mass is 10.2. The van der Waals surface area contributed by atoms with Crippen LogP contribution in [0.2, 0.25) is 0 Å². The van der Waals surface area contributed by atoms with Gasteiger partial charge in [0.1, 0.15) is 0 Å². The van der Waals surface area contributed by atoms with Gasteiger partial charge in [0.25, 0.3) is 0 Å². The van der Waals surface area contributed by atoms with Crippen LogP contribution in [0.15, 0.2) is 0 Å². The Bertz CT molecular complexity index is 161. The van der Waals surface area contributed by atoms with Crippen LogP contribution < -0.4 is 5.32 Å². The van der Waals surface area contributed by atoms with E-state index in [9.17, 15) is 4.79 Å². The number of hydrogen-bond donors (Lipinski definition) is 1. The second kappa shape index (κ2) is 7.76. The average Bonchev–Trinajstić information content (AvgIpc) is 2.14. The number of nitrogens with one attached hydrogen (secondary N) is 1. The molecule has 0 amide bonds. The third-order valence-electron chi connectivity index (χ3n) is 2.02. The third-order valence-corrected chi connectivity index (χ3v) is 2.02. The molecule has 0 radical (unpaired) electrons. The van der Waals surface area contributed by atoms with Crippen LogP contribution in [-0.2, 0) is 14.3 Å². The molecule has 0 aromatic heterocycles. The Morgan fingerprint density at radius 1 is 1.29 bits per heavy atom. The summed E-state index contributed by atoms with van der Waals surface area (Å²) in [6.07, 6.45) is 1.36. The number of esters is 1. The molecule has 2 atom stereocenters. The molecule has 0 aromatic carbocycles. The molecular weight excluding hydrogens is 182 g/mol. The van der Waals surface area contributed by atoms with Crippen LogP contribution in [0, 0.1) is 0 Å². The van der Waals surface area contributed by atoms with Crippen LogP contribution in [0.25, 0.3) is 0 Å². The Morgan fingerprint density at radius 2 is 1.93 bits per heavy atom. The number of rotatable bonds is 7. The van der Waals surface area contributed by atoms with Gasteiger partial charge in [-0.2, -0.15) is 0 Å². The van der Waals surface area contributed by atoms with Crippen LogP contribution in [0.3, 0.4) is 0 Å². The van der Waals surface area contributed by atoms with E-state index < -0.39 is 0 Å². The van der Waals surface area contributed by atoms with Gasteiger partial charge >= 0.3 is 5.97 Å². The normalized spacial score (nSPS) is 14.9. The molecule has 0 aliphatic heterocycles. The van der Waals surface area contributed by atoms with Crippen molar-refractivity contribution in [2.24, 2.45) is 0 Å². The summed E-state index contributed by atoms with van der Waals surface area (Å²) in [6, 6.07) is 0.504. The minimum atomic E-state index is -0.177. The van der Waals surface area contributed by atoms with Gasteiger partial charge in [-0.3, -0.25) is 4.79 Å². The Labute approximate surface area is 86.0 Å². The summed E-state index contributed by atoms with van der Waals surface area (Å²) < 4.78 is 9.54. The molecule has 0 fully saturated rings. The second-order valence-corrected chi connectivity index (χ2v) is 3.53. The molecule has 4 nitrogen and oxygen atoms in total. The van der Waals surface area contributed by atoms with Crippen LogP contribution in [-0.4, -0.2) is 38.9 Å². The minimum absolute atomic E-state index is 0.148. The van der Waals surface area contributed by atoms with Gasteiger partial charge in [-0.05, 0) is 20.3 Å². The number of carbonyl (C=O) groups excluding carboxylic acids is 1. The van der Waals surface area contributed by atoms with Gasteiger partial charge in [0.2, 0.25) is 0 Å². The maximum absolute atomic E-state index is 10.9. The first-order valence-corrected chi connectivity index (χ1v) is 4.92. The van der Waals surface area contributed by atoms with E-state index in [2.05, 4.69) is 17.0 Å². The first kappa shape index (κ1) is 13.4.